The number of sulfonamides is 1. The van der Waals surface area contributed by atoms with E-state index in [2.05, 4.69) is 4.72 Å². The second-order valence-corrected chi connectivity index (χ2v) is 9.65. The smallest absolute Gasteiger partial charge is 0.423 e. The first-order chi connectivity index (χ1) is 10.6. The van der Waals surface area contributed by atoms with Gasteiger partial charge in [0.25, 0.3) is 0 Å². The molecule has 0 fully saturated rings. The van der Waals surface area contributed by atoms with Crippen molar-refractivity contribution in [1.82, 2.24) is 4.72 Å². The summed E-state index contributed by atoms with van der Waals surface area (Å²) in [4.78, 5) is 0.107. The van der Waals surface area contributed by atoms with E-state index < -0.39 is 33.9 Å². The normalized spacial score (nSPS) is 13.9. The van der Waals surface area contributed by atoms with Crippen LogP contribution in [0.3, 0.4) is 0 Å². The fraction of sp³-hybridized carbons (Fsp3) is 0.625. The van der Waals surface area contributed by atoms with E-state index in [1.54, 1.807) is 48.5 Å². The summed E-state index contributed by atoms with van der Waals surface area (Å²) in [6, 6.07) is 5.80. The van der Waals surface area contributed by atoms with Gasteiger partial charge in [-0.3, -0.25) is 0 Å². The van der Waals surface area contributed by atoms with E-state index in [1.165, 1.54) is 24.3 Å². The number of hydrogen-bond acceptors (Lipinski definition) is 5. The van der Waals surface area contributed by atoms with Crippen LogP contribution in [0.2, 0.25) is 0 Å². The maximum absolute atomic E-state index is 12.3. The molecule has 8 heteroatoms. The second kappa shape index (κ2) is 6.76. The Kier molecular flexibility index (Phi) is 5.95. The zero-order chi connectivity index (χ0) is 19.0. The molecule has 0 spiro atoms. The molecule has 0 radical (unpaired) electrons. The van der Waals surface area contributed by atoms with Crippen molar-refractivity contribution in [1.29, 1.82) is 0 Å². The number of aliphatic hydroxyl groups is 1. The lowest BCUT2D eigenvalue weighted by molar-refractivity contribution is -0.0982. The minimum Gasteiger partial charge on any atom is -0.423 e. The third kappa shape index (κ3) is 5.56. The lowest BCUT2D eigenvalue weighted by Crippen LogP contribution is -2.53. The van der Waals surface area contributed by atoms with Crippen LogP contribution < -0.4 is 10.2 Å². The highest BCUT2D eigenvalue weighted by Crippen LogP contribution is 2.25. The van der Waals surface area contributed by atoms with Gasteiger partial charge in [-0.05, 0) is 66.1 Å². The van der Waals surface area contributed by atoms with Crippen LogP contribution in [0.4, 0.5) is 0 Å². The fourth-order valence-corrected chi connectivity index (χ4v) is 3.18. The Morgan fingerprint density at radius 3 is 1.83 bits per heavy atom. The molecule has 0 saturated heterocycles. The summed E-state index contributed by atoms with van der Waals surface area (Å²) in [5.74, 6) is 0. The predicted molar refractivity (Wildman–Crippen MR) is 95.6 cm³/mol. The van der Waals surface area contributed by atoms with Crippen LogP contribution in [0, 0.1) is 0 Å². The van der Waals surface area contributed by atoms with Crippen LogP contribution in [0.5, 0.6) is 0 Å². The Labute approximate surface area is 145 Å². The van der Waals surface area contributed by atoms with Crippen molar-refractivity contribution in [3.05, 3.63) is 24.3 Å². The predicted octanol–water partition coefficient (Wildman–Crippen LogP) is 1.02. The SMILES string of the molecule is CC(C)(C)NS(=O)(=O)c1ccc(B(O)OC(C)(C)C(C)(C)O)cc1. The van der Waals surface area contributed by atoms with Crippen molar-refractivity contribution in [2.24, 2.45) is 0 Å². The second-order valence-electron chi connectivity index (χ2n) is 7.96. The highest BCUT2D eigenvalue weighted by molar-refractivity contribution is 7.89. The summed E-state index contributed by atoms with van der Waals surface area (Å²) in [7, 11) is -4.91. The van der Waals surface area contributed by atoms with Gasteiger partial charge in [-0.25, -0.2) is 13.1 Å². The average Bonchev–Trinajstić information content (AvgIpc) is 2.34. The molecule has 1 aromatic carbocycles. The molecule has 0 aliphatic heterocycles. The van der Waals surface area contributed by atoms with Gasteiger partial charge in [-0.1, -0.05) is 12.1 Å². The molecule has 0 aliphatic rings. The van der Waals surface area contributed by atoms with Crippen LogP contribution in [-0.4, -0.2) is 42.4 Å². The van der Waals surface area contributed by atoms with Gasteiger partial charge in [0, 0.05) is 5.54 Å². The molecule has 6 nitrogen and oxygen atoms in total. The molecule has 1 aromatic rings. The Morgan fingerprint density at radius 2 is 1.46 bits per heavy atom. The van der Waals surface area contributed by atoms with Crippen molar-refractivity contribution in [3.63, 3.8) is 0 Å². The van der Waals surface area contributed by atoms with Crippen molar-refractivity contribution < 1.29 is 23.2 Å². The van der Waals surface area contributed by atoms with Crippen LogP contribution in [0.15, 0.2) is 29.2 Å². The van der Waals surface area contributed by atoms with E-state index in [9.17, 15) is 18.5 Å². The minimum atomic E-state index is -3.63. The highest BCUT2D eigenvalue weighted by Gasteiger charge is 2.39. The quantitative estimate of drug-likeness (QED) is 0.661. The fourth-order valence-electron chi connectivity index (χ4n) is 1.76. The molecule has 0 atom stereocenters. The maximum atomic E-state index is 12.3. The Morgan fingerprint density at radius 1 is 1.00 bits per heavy atom. The highest BCUT2D eigenvalue weighted by atomic mass is 32.2. The Balaban J connectivity index is 2.96. The molecule has 0 aliphatic carbocycles. The summed E-state index contributed by atoms with van der Waals surface area (Å²) < 4.78 is 32.6. The van der Waals surface area contributed by atoms with E-state index >= 15 is 0 Å². The molecule has 136 valence electrons. The number of hydrogen-bond donors (Lipinski definition) is 3. The summed E-state index contributed by atoms with van der Waals surface area (Å²) in [5, 5.41) is 20.3. The van der Waals surface area contributed by atoms with Crippen LogP contribution in [0.1, 0.15) is 48.5 Å². The summed E-state index contributed by atoms with van der Waals surface area (Å²) in [6.07, 6.45) is 0. The van der Waals surface area contributed by atoms with Crippen LogP contribution in [-0.2, 0) is 14.7 Å². The summed E-state index contributed by atoms with van der Waals surface area (Å²) in [5.41, 5.74) is -2.34. The van der Waals surface area contributed by atoms with Gasteiger partial charge in [-0.15, -0.1) is 0 Å². The molecular weight excluding hydrogens is 329 g/mol. The molecule has 0 saturated carbocycles. The van der Waals surface area contributed by atoms with E-state index in [0.29, 0.717) is 5.46 Å². The van der Waals surface area contributed by atoms with Crippen molar-refractivity contribution >= 4 is 22.6 Å². The van der Waals surface area contributed by atoms with Gasteiger partial charge in [0.15, 0.2) is 0 Å². The van der Waals surface area contributed by atoms with Gasteiger partial charge in [0.1, 0.15) is 0 Å². The zero-order valence-corrected chi connectivity index (χ0v) is 16.2. The van der Waals surface area contributed by atoms with Gasteiger partial charge in [0.05, 0.1) is 16.1 Å². The third-order valence-electron chi connectivity index (χ3n) is 3.80. The molecule has 24 heavy (non-hydrogen) atoms. The first-order valence-corrected chi connectivity index (χ1v) is 9.26. The Bertz CT molecular complexity index is 657. The van der Waals surface area contributed by atoms with E-state index in [-0.39, 0.29) is 4.90 Å². The molecular formula is C16H28BNO5S. The van der Waals surface area contributed by atoms with Crippen LogP contribution in [0.25, 0.3) is 0 Å². The van der Waals surface area contributed by atoms with Crippen molar-refractivity contribution in [3.8, 4) is 0 Å². The van der Waals surface area contributed by atoms with Gasteiger partial charge in [-0.2, -0.15) is 0 Å². The number of rotatable bonds is 6. The van der Waals surface area contributed by atoms with Gasteiger partial charge < -0.3 is 14.8 Å². The lowest BCUT2D eigenvalue weighted by atomic mass is 9.76. The lowest BCUT2D eigenvalue weighted by Gasteiger charge is -2.38. The average molecular weight is 357 g/mol. The molecule has 0 unspecified atom stereocenters. The summed E-state index contributed by atoms with van der Waals surface area (Å²) >= 11 is 0. The monoisotopic (exact) mass is 357 g/mol. The van der Waals surface area contributed by atoms with Gasteiger partial charge in [0.2, 0.25) is 10.0 Å². The molecule has 0 bridgehead atoms. The molecule has 0 amide bonds. The molecule has 1 rings (SSSR count). The molecule has 0 aromatic heterocycles. The first kappa shape index (κ1) is 21.1. The summed E-state index contributed by atoms with van der Waals surface area (Å²) in [6.45, 7) is 11.8. The van der Waals surface area contributed by atoms with E-state index in [0.717, 1.165) is 0 Å². The standard InChI is InChI=1S/C16H28BNO5S/c1-14(2,3)18-24(21,22)13-10-8-12(9-11-13)17(20)23-16(6,7)15(4,5)19/h8-11,18-20H,1-7H3. The van der Waals surface area contributed by atoms with E-state index in [1.807, 2.05) is 0 Å². The zero-order valence-electron chi connectivity index (χ0n) is 15.4. The third-order valence-corrected chi connectivity index (χ3v) is 5.57. The topological polar surface area (TPSA) is 95.9 Å². The minimum absolute atomic E-state index is 0.107. The largest absolute Gasteiger partial charge is 0.491 e. The number of benzene rings is 1. The number of nitrogens with one attached hydrogen (secondary N) is 1. The molecule has 3 N–H and O–H groups in total. The van der Waals surface area contributed by atoms with Gasteiger partial charge >= 0.3 is 7.12 Å². The maximum Gasteiger partial charge on any atom is 0.491 e. The molecule has 0 heterocycles. The van der Waals surface area contributed by atoms with E-state index in [4.69, 9.17) is 4.65 Å². The van der Waals surface area contributed by atoms with Crippen LogP contribution >= 0.6 is 0 Å². The van der Waals surface area contributed by atoms with Crippen molar-refractivity contribution in [2.75, 3.05) is 0 Å². The van der Waals surface area contributed by atoms with Crippen molar-refractivity contribution in [2.45, 2.75) is 70.1 Å². The Hall–Kier alpha value is -0.925. The first-order valence-electron chi connectivity index (χ1n) is 7.77.